The number of nitrogens with zero attached hydrogens (tertiary/aromatic N) is 4. The Bertz CT molecular complexity index is 804. The maximum absolute atomic E-state index is 13.0. The molecule has 7 nitrogen and oxygen atoms in total. The Kier molecular flexibility index (Phi) is 4.92. The van der Waals surface area contributed by atoms with Crippen LogP contribution in [0.5, 0.6) is 0 Å². The number of aromatic nitrogens is 3. The van der Waals surface area contributed by atoms with Crippen LogP contribution in [-0.2, 0) is 12.7 Å². The van der Waals surface area contributed by atoms with E-state index in [1.165, 1.54) is 6.92 Å². The Labute approximate surface area is 138 Å². The third-order valence-electron chi connectivity index (χ3n) is 3.04. The number of pyridine rings is 1. The lowest BCUT2D eigenvalue weighted by atomic mass is 10.3. The molecule has 0 aliphatic heterocycles. The van der Waals surface area contributed by atoms with Gasteiger partial charge < -0.3 is 0 Å². The van der Waals surface area contributed by atoms with Crippen molar-refractivity contribution < 1.29 is 22.9 Å². The van der Waals surface area contributed by atoms with Crippen LogP contribution in [-0.4, -0.2) is 24.8 Å². The molecule has 0 radical (unpaired) electrons. The van der Waals surface area contributed by atoms with Gasteiger partial charge in [-0.2, -0.15) is 18.3 Å². The summed E-state index contributed by atoms with van der Waals surface area (Å²) in [6.07, 6.45) is -3.58. The van der Waals surface area contributed by atoms with Crippen molar-refractivity contribution in [2.75, 3.05) is 0 Å². The summed E-state index contributed by atoms with van der Waals surface area (Å²) in [5.74, 6) is 0. The molecule has 0 aliphatic rings. The van der Waals surface area contributed by atoms with Crippen molar-refractivity contribution in [1.29, 1.82) is 0 Å². The van der Waals surface area contributed by atoms with E-state index in [1.54, 1.807) is 6.92 Å². The van der Waals surface area contributed by atoms with Gasteiger partial charge in [0.05, 0.1) is 10.5 Å². The van der Waals surface area contributed by atoms with Crippen molar-refractivity contribution in [3.8, 4) is 0 Å². The summed E-state index contributed by atoms with van der Waals surface area (Å²) in [7, 11) is 0. The topological polar surface area (TPSA) is 90.9 Å². The standard InChI is InChI=1S/C13H11F3N4O3S/c1-3-19-10(9(20(22)23)7(2)18-19)12(21)24-11-8(13(14,15)16)5-4-6-17-11/h4-6H,3H2,1-2H3. The molecule has 0 amide bonds. The van der Waals surface area contributed by atoms with Gasteiger partial charge in [-0.25, -0.2) is 4.98 Å². The van der Waals surface area contributed by atoms with Gasteiger partial charge in [-0.3, -0.25) is 19.6 Å². The molecule has 11 heteroatoms. The monoisotopic (exact) mass is 360 g/mol. The maximum atomic E-state index is 13.0. The molecular weight excluding hydrogens is 349 g/mol. The van der Waals surface area contributed by atoms with Gasteiger partial charge in [0.15, 0.2) is 5.69 Å². The third-order valence-corrected chi connectivity index (χ3v) is 3.93. The third kappa shape index (κ3) is 3.40. The van der Waals surface area contributed by atoms with Crippen LogP contribution in [0.1, 0.15) is 28.7 Å². The average Bonchev–Trinajstić information content (AvgIpc) is 2.83. The molecule has 2 heterocycles. The Morgan fingerprint density at radius 3 is 2.67 bits per heavy atom. The number of thioether (sulfide) groups is 1. The summed E-state index contributed by atoms with van der Waals surface area (Å²) in [5.41, 5.74) is -1.93. The van der Waals surface area contributed by atoms with Crippen LogP contribution in [0.4, 0.5) is 18.9 Å². The van der Waals surface area contributed by atoms with Crippen LogP contribution in [0.2, 0.25) is 0 Å². The van der Waals surface area contributed by atoms with Crippen molar-refractivity contribution >= 4 is 22.6 Å². The van der Waals surface area contributed by atoms with E-state index >= 15 is 0 Å². The smallest absolute Gasteiger partial charge is 0.279 e. The van der Waals surface area contributed by atoms with Gasteiger partial charge in [0.25, 0.3) is 5.12 Å². The maximum Gasteiger partial charge on any atom is 0.419 e. The van der Waals surface area contributed by atoms with E-state index in [0.29, 0.717) is 0 Å². The molecule has 0 saturated carbocycles. The lowest BCUT2D eigenvalue weighted by Gasteiger charge is -2.10. The van der Waals surface area contributed by atoms with Crippen LogP contribution in [0.15, 0.2) is 23.4 Å². The Hall–Kier alpha value is -2.43. The highest BCUT2D eigenvalue weighted by molar-refractivity contribution is 8.14. The molecule has 2 rings (SSSR count). The van der Waals surface area contributed by atoms with E-state index in [1.807, 2.05) is 0 Å². The molecule has 0 N–H and O–H groups in total. The van der Waals surface area contributed by atoms with Gasteiger partial charge in [-0.15, -0.1) is 0 Å². The van der Waals surface area contributed by atoms with Crippen LogP contribution >= 0.6 is 11.8 Å². The zero-order valence-electron chi connectivity index (χ0n) is 12.5. The summed E-state index contributed by atoms with van der Waals surface area (Å²) < 4.78 is 40.0. The summed E-state index contributed by atoms with van der Waals surface area (Å²) in [4.78, 5) is 26.3. The van der Waals surface area contributed by atoms with E-state index in [0.717, 1.165) is 23.0 Å². The molecule has 0 bridgehead atoms. The fraction of sp³-hybridized carbons (Fsp3) is 0.308. The van der Waals surface area contributed by atoms with E-state index in [4.69, 9.17) is 0 Å². The zero-order valence-corrected chi connectivity index (χ0v) is 13.3. The lowest BCUT2D eigenvalue weighted by molar-refractivity contribution is -0.385. The predicted octanol–water partition coefficient (Wildman–Crippen LogP) is 3.47. The molecular formula is C13H11F3N4O3S. The van der Waals surface area contributed by atoms with E-state index in [2.05, 4.69) is 10.1 Å². The molecule has 0 unspecified atom stereocenters. The fourth-order valence-electron chi connectivity index (χ4n) is 2.05. The van der Waals surface area contributed by atoms with Crippen molar-refractivity contribution in [2.45, 2.75) is 31.6 Å². The normalized spacial score (nSPS) is 11.5. The summed E-state index contributed by atoms with van der Waals surface area (Å²) in [6.45, 7) is 3.12. The van der Waals surface area contributed by atoms with Gasteiger partial charge >= 0.3 is 11.9 Å². The number of nitro groups is 1. The minimum Gasteiger partial charge on any atom is -0.279 e. The minimum atomic E-state index is -4.69. The van der Waals surface area contributed by atoms with Gasteiger partial charge in [0.2, 0.25) is 0 Å². The Morgan fingerprint density at radius 2 is 2.12 bits per heavy atom. The molecule has 0 fully saturated rings. The van der Waals surface area contributed by atoms with Crippen molar-refractivity contribution in [2.24, 2.45) is 0 Å². The predicted molar refractivity (Wildman–Crippen MR) is 78.7 cm³/mol. The highest BCUT2D eigenvalue weighted by atomic mass is 32.2. The first kappa shape index (κ1) is 17.9. The number of alkyl halides is 3. The molecule has 0 aromatic carbocycles. The number of aryl methyl sites for hydroxylation is 2. The molecule has 0 aliphatic carbocycles. The van der Waals surface area contributed by atoms with E-state index in [9.17, 15) is 28.1 Å². The van der Waals surface area contributed by atoms with E-state index < -0.39 is 32.5 Å². The number of rotatable bonds is 4. The minimum absolute atomic E-state index is 0.0165. The second-order valence-corrected chi connectivity index (χ2v) is 5.56. The van der Waals surface area contributed by atoms with Crippen molar-refractivity contribution in [3.05, 3.63) is 45.4 Å². The lowest BCUT2D eigenvalue weighted by Crippen LogP contribution is -2.12. The Morgan fingerprint density at radius 1 is 1.46 bits per heavy atom. The highest BCUT2D eigenvalue weighted by Gasteiger charge is 2.36. The Balaban J connectivity index is 2.48. The molecule has 0 spiro atoms. The van der Waals surface area contributed by atoms with Gasteiger partial charge in [-0.1, -0.05) is 0 Å². The second kappa shape index (κ2) is 6.59. The van der Waals surface area contributed by atoms with Crippen LogP contribution in [0.3, 0.4) is 0 Å². The largest absolute Gasteiger partial charge is 0.419 e. The first-order valence-electron chi connectivity index (χ1n) is 6.63. The van der Waals surface area contributed by atoms with Gasteiger partial charge in [0.1, 0.15) is 10.7 Å². The number of halogens is 3. The first-order valence-corrected chi connectivity index (χ1v) is 7.44. The van der Waals surface area contributed by atoms with Crippen LogP contribution in [0.25, 0.3) is 0 Å². The summed E-state index contributed by atoms with van der Waals surface area (Å²) >= 11 is 0.189. The fourth-order valence-corrected chi connectivity index (χ4v) is 2.93. The first-order chi connectivity index (χ1) is 11.2. The van der Waals surface area contributed by atoms with Crippen molar-refractivity contribution in [1.82, 2.24) is 14.8 Å². The number of hydrogen-bond acceptors (Lipinski definition) is 6. The highest BCUT2D eigenvalue weighted by Crippen LogP contribution is 2.37. The van der Waals surface area contributed by atoms with Crippen LogP contribution in [0, 0.1) is 17.0 Å². The second-order valence-electron chi connectivity index (χ2n) is 4.60. The zero-order chi connectivity index (χ0) is 18.1. The summed E-state index contributed by atoms with van der Waals surface area (Å²) in [6, 6.07) is 1.89. The summed E-state index contributed by atoms with van der Waals surface area (Å²) in [5, 5.41) is 13.5. The number of carbonyl (C=O) groups excluding carboxylic acids is 1. The molecule has 128 valence electrons. The SMILES string of the molecule is CCn1nc(C)c([N+](=O)[O-])c1C(=O)Sc1ncccc1C(F)(F)F. The van der Waals surface area contributed by atoms with Gasteiger partial charge in [0, 0.05) is 12.7 Å². The molecule has 24 heavy (non-hydrogen) atoms. The molecule has 0 saturated heterocycles. The number of carbonyl (C=O) groups is 1. The van der Waals surface area contributed by atoms with Gasteiger partial charge in [-0.05, 0) is 37.7 Å². The molecule has 0 atom stereocenters. The number of hydrogen-bond donors (Lipinski definition) is 0. The van der Waals surface area contributed by atoms with Crippen LogP contribution < -0.4 is 0 Å². The van der Waals surface area contributed by atoms with Crippen molar-refractivity contribution in [3.63, 3.8) is 0 Å². The molecule has 2 aromatic heterocycles. The average molecular weight is 360 g/mol. The molecule has 2 aromatic rings. The van der Waals surface area contributed by atoms with E-state index in [-0.39, 0.29) is 29.7 Å². The quantitative estimate of drug-likeness (QED) is 0.471.